The molecule has 4 rings (SSSR count). The fraction of sp³-hybridized carbons (Fsp3) is 0. The van der Waals surface area contributed by atoms with Gasteiger partial charge in [0.1, 0.15) is 16.9 Å². The molecule has 0 bridgehead atoms. The average Bonchev–Trinajstić information content (AvgIpc) is 2.97. The van der Waals surface area contributed by atoms with Gasteiger partial charge in [0.2, 0.25) is 0 Å². The van der Waals surface area contributed by atoms with E-state index in [4.69, 9.17) is 4.42 Å². The van der Waals surface area contributed by atoms with E-state index in [0.29, 0.717) is 21.7 Å². The minimum absolute atomic E-state index is 0.402. The summed E-state index contributed by atoms with van der Waals surface area (Å²) in [5, 5.41) is 1.40. The van der Waals surface area contributed by atoms with Crippen LogP contribution in [-0.4, -0.2) is 11.3 Å². The Morgan fingerprint density at radius 2 is 1.95 bits per heavy atom. The molecule has 0 aliphatic carbocycles. The van der Waals surface area contributed by atoms with Crippen molar-refractivity contribution >= 4 is 38.8 Å². The summed E-state index contributed by atoms with van der Waals surface area (Å²) in [5.41, 5.74) is 1.73. The van der Waals surface area contributed by atoms with Crippen LogP contribution >= 0.6 is 11.3 Å². The third-order valence-electron chi connectivity index (χ3n) is 3.42. The maximum absolute atomic E-state index is 12.2. The zero-order chi connectivity index (χ0) is 15.1. The molecule has 106 valence electrons. The van der Waals surface area contributed by atoms with Crippen LogP contribution in [-0.2, 0) is 0 Å². The Morgan fingerprint density at radius 3 is 2.77 bits per heavy atom. The highest BCUT2D eigenvalue weighted by Crippen LogP contribution is 2.29. The Labute approximate surface area is 128 Å². The highest BCUT2D eigenvalue weighted by Gasteiger charge is 2.12. The second-order valence-corrected chi connectivity index (χ2v) is 5.88. The van der Waals surface area contributed by atoms with Crippen LogP contribution in [0.2, 0.25) is 0 Å². The third kappa shape index (κ3) is 2.03. The molecule has 2 aromatic carbocycles. The van der Waals surface area contributed by atoms with Crippen LogP contribution in [0.4, 0.5) is 0 Å². The lowest BCUT2D eigenvalue weighted by Crippen LogP contribution is -2.02. The summed E-state index contributed by atoms with van der Waals surface area (Å²) in [5.74, 6) is 0. The molecule has 0 N–H and O–H groups in total. The number of rotatable bonds is 2. The predicted octanol–water partition coefficient (Wildman–Crippen LogP) is 3.88. The molecule has 0 spiro atoms. The number of aromatic nitrogens is 1. The Kier molecular flexibility index (Phi) is 2.87. The van der Waals surface area contributed by atoms with Gasteiger partial charge in [-0.15, -0.1) is 11.3 Å². The highest BCUT2D eigenvalue weighted by molar-refractivity contribution is 7.21. The zero-order valence-electron chi connectivity index (χ0n) is 11.3. The first-order chi connectivity index (χ1) is 10.7. The van der Waals surface area contributed by atoms with Crippen molar-refractivity contribution in [3.05, 3.63) is 64.5 Å². The van der Waals surface area contributed by atoms with Gasteiger partial charge in [-0.25, -0.2) is 9.78 Å². The maximum atomic E-state index is 12.2. The molecule has 22 heavy (non-hydrogen) atoms. The molecule has 0 radical (unpaired) electrons. The SMILES string of the molecule is O=Cc1ccc2cc(-c3nc4ccccc4s3)c(=O)oc2c1. The normalized spacial score (nSPS) is 11.1. The van der Waals surface area contributed by atoms with E-state index < -0.39 is 5.63 Å². The first-order valence-corrected chi connectivity index (χ1v) is 7.45. The number of para-hydroxylation sites is 1. The van der Waals surface area contributed by atoms with Crippen LogP contribution in [0.1, 0.15) is 10.4 Å². The first kappa shape index (κ1) is 12.9. The van der Waals surface area contributed by atoms with Crippen molar-refractivity contribution in [1.82, 2.24) is 4.98 Å². The molecule has 5 heteroatoms. The van der Waals surface area contributed by atoms with Gasteiger partial charge in [0.05, 0.1) is 15.8 Å². The maximum Gasteiger partial charge on any atom is 0.346 e. The molecule has 0 aliphatic rings. The van der Waals surface area contributed by atoms with Crippen LogP contribution in [0.25, 0.3) is 31.8 Å². The number of hydrogen-bond acceptors (Lipinski definition) is 5. The van der Waals surface area contributed by atoms with E-state index in [0.717, 1.165) is 21.9 Å². The lowest BCUT2D eigenvalue weighted by molar-refractivity contribution is 0.112. The molecule has 2 aromatic heterocycles. The van der Waals surface area contributed by atoms with Gasteiger partial charge in [-0.3, -0.25) is 4.79 Å². The molecule has 0 fully saturated rings. The monoisotopic (exact) mass is 307 g/mol. The molecule has 0 unspecified atom stereocenters. The van der Waals surface area contributed by atoms with Crippen LogP contribution in [0.15, 0.2) is 57.7 Å². The highest BCUT2D eigenvalue weighted by atomic mass is 32.1. The topological polar surface area (TPSA) is 60.2 Å². The number of nitrogens with zero attached hydrogens (tertiary/aromatic N) is 1. The van der Waals surface area contributed by atoms with Gasteiger partial charge in [0, 0.05) is 10.9 Å². The summed E-state index contributed by atoms with van der Waals surface area (Å²) < 4.78 is 6.36. The van der Waals surface area contributed by atoms with Crippen molar-refractivity contribution in [3.8, 4) is 10.6 Å². The zero-order valence-corrected chi connectivity index (χ0v) is 12.1. The van der Waals surface area contributed by atoms with E-state index in [1.54, 1.807) is 24.3 Å². The van der Waals surface area contributed by atoms with Crippen molar-refractivity contribution < 1.29 is 9.21 Å². The number of fused-ring (bicyclic) bond motifs is 2. The largest absolute Gasteiger partial charge is 0.422 e. The first-order valence-electron chi connectivity index (χ1n) is 6.63. The molecular weight excluding hydrogens is 298 g/mol. The van der Waals surface area contributed by atoms with Crippen molar-refractivity contribution in [2.75, 3.05) is 0 Å². The van der Waals surface area contributed by atoms with Gasteiger partial charge in [0.25, 0.3) is 0 Å². The number of benzene rings is 2. The second-order valence-electron chi connectivity index (χ2n) is 4.85. The summed E-state index contributed by atoms with van der Waals surface area (Å²) in [6.07, 6.45) is 0.723. The van der Waals surface area contributed by atoms with E-state index in [1.807, 2.05) is 24.3 Å². The summed E-state index contributed by atoms with van der Waals surface area (Å²) in [4.78, 5) is 27.5. The van der Waals surface area contributed by atoms with Crippen LogP contribution in [0.3, 0.4) is 0 Å². The smallest absolute Gasteiger partial charge is 0.346 e. The second kappa shape index (κ2) is 4.89. The summed E-state index contributed by atoms with van der Waals surface area (Å²) in [6.45, 7) is 0. The number of aldehydes is 1. The standard InChI is InChI=1S/C17H9NO3S/c19-9-10-5-6-11-8-12(17(20)21-14(11)7-10)16-18-13-3-1-2-4-15(13)22-16/h1-9H. The minimum atomic E-state index is -0.449. The Morgan fingerprint density at radius 1 is 1.09 bits per heavy atom. The minimum Gasteiger partial charge on any atom is -0.422 e. The number of thiazole rings is 1. The third-order valence-corrected chi connectivity index (χ3v) is 4.49. The molecule has 0 saturated heterocycles. The van der Waals surface area contributed by atoms with Gasteiger partial charge in [0.15, 0.2) is 0 Å². The van der Waals surface area contributed by atoms with Crippen molar-refractivity contribution in [3.63, 3.8) is 0 Å². The van der Waals surface area contributed by atoms with Gasteiger partial charge >= 0.3 is 5.63 Å². The fourth-order valence-corrected chi connectivity index (χ4v) is 3.31. The fourth-order valence-electron chi connectivity index (χ4n) is 2.34. The number of hydrogen-bond donors (Lipinski definition) is 0. The molecule has 0 aliphatic heterocycles. The summed E-state index contributed by atoms with van der Waals surface area (Å²) >= 11 is 1.45. The quantitative estimate of drug-likeness (QED) is 0.416. The van der Waals surface area contributed by atoms with Gasteiger partial charge in [-0.1, -0.05) is 24.3 Å². The van der Waals surface area contributed by atoms with Crippen molar-refractivity contribution in [2.24, 2.45) is 0 Å². The Balaban J connectivity index is 1.96. The van der Waals surface area contributed by atoms with Crippen LogP contribution in [0.5, 0.6) is 0 Å². The molecule has 4 aromatic rings. The van der Waals surface area contributed by atoms with Crippen molar-refractivity contribution in [1.29, 1.82) is 0 Å². The lowest BCUT2D eigenvalue weighted by atomic mass is 10.1. The predicted molar refractivity (Wildman–Crippen MR) is 86.5 cm³/mol. The average molecular weight is 307 g/mol. The van der Waals surface area contributed by atoms with Gasteiger partial charge in [-0.05, 0) is 24.3 Å². The van der Waals surface area contributed by atoms with Gasteiger partial charge < -0.3 is 4.42 Å². The molecule has 0 saturated carbocycles. The van der Waals surface area contributed by atoms with E-state index in [2.05, 4.69) is 4.98 Å². The molecular formula is C17H9NO3S. The number of carbonyl (C=O) groups excluding carboxylic acids is 1. The lowest BCUT2D eigenvalue weighted by Gasteiger charge is -2.00. The summed E-state index contributed by atoms with van der Waals surface area (Å²) in [7, 11) is 0. The number of carbonyl (C=O) groups is 1. The molecule has 4 nitrogen and oxygen atoms in total. The molecule has 0 atom stereocenters. The van der Waals surface area contributed by atoms with Gasteiger partial charge in [-0.2, -0.15) is 0 Å². The van der Waals surface area contributed by atoms with E-state index in [9.17, 15) is 9.59 Å². The molecule has 0 amide bonds. The Bertz CT molecular complexity index is 1050. The van der Waals surface area contributed by atoms with E-state index >= 15 is 0 Å². The van der Waals surface area contributed by atoms with Crippen LogP contribution < -0.4 is 5.63 Å². The molecule has 2 heterocycles. The summed E-state index contributed by atoms with van der Waals surface area (Å²) in [6, 6.07) is 14.5. The van der Waals surface area contributed by atoms with Crippen molar-refractivity contribution in [2.45, 2.75) is 0 Å². The van der Waals surface area contributed by atoms with E-state index in [-0.39, 0.29) is 0 Å². The van der Waals surface area contributed by atoms with Crippen LogP contribution in [0, 0.1) is 0 Å². The van der Waals surface area contributed by atoms with E-state index in [1.165, 1.54) is 11.3 Å². The Hall–Kier alpha value is -2.79.